The molecule has 5 heteroatoms. The summed E-state index contributed by atoms with van der Waals surface area (Å²) in [7, 11) is 0. The van der Waals surface area contributed by atoms with Gasteiger partial charge in [0.25, 0.3) is 0 Å². The average molecular weight is 282 g/mol. The second kappa shape index (κ2) is 8.82. The van der Waals surface area contributed by atoms with Crippen LogP contribution in [0.25, 0.3) is 0 Å². The Hall–Kier alpha value is -1.20. The first-order valence-electron chi connectivity index (χ1n) is 6.38. The molecule has 0 aliphatic heterocycles. The number of aliphatic hydroxyl groups excluding tert-OH is 1. The number of hydrogen-bond acceptors (Lipinski definition) is 3. The fourth-order valence-electron chi connectivity index (χ4n) is 1.55. The maximum Gasteiger partial charge on any atom is 0.314 e. The van der Waals surface area contributed by atoms with E-state index in [1.807, 2.05) is 36.6 Å². The zero-order valence-corrected chi connectivity index (χ0v) is 12.2. The molecule has 0 aliphatic carbocycles. The average Bonchev–Trinajstić information content (AvgIpc) is 2.43. The Labute approximate surface area is 119 Å². The summed E-state index contributed by atoms with van der Waals surface area (Å²) < 4.78 is 0. The fourth-order valence-corrected chi connectivity index (χ4v) is 1.80. The highest BCUT2D eigenvalue weighted by molar-refractivity contribution is 7.99. The SMILES string of the molecule is CSC(C)CNC(=O)NCC(O)Cc1ccccc1. The van der Waals surface area contributed by atoms with Crippen molar-refractivity contribution in [1.29, 1.82) is 0 Å². The lowest BCUT2D eigenvalue weighted by Gasteiger charge is -2.14. The molecule has 106 valence electrons. The summed E-state index contributed by atoms with van der Waals surface area (Å²) in [5, 5.41) is 15.7. The van der Waals surface area contributed by atoms with Gasteiger partial charge in [0.15, 0.2) is 0 Å². The van der Waals surface area contributed by atoms with Gasteiger partial charge in [-0.3, -0.25) is 0 Å². The van der Waals surface area contributed by atoms with Gasteiger partial charge in [-0.1, -0.05) is 37.3 Å². The lowest BCUT2D eigenvalue weighted by atomic mass is 10.1. The van der Waals surface area contributed by atoms with E-state index >= 15 is 0 Å². The molecule has 2 amide bonds. The second-order valence-corrected chi connectivity index (χ2v) is 5.76. The van der Waals surface area contributed by atoms with Crippen LogP contribution in [-0.2, 0) is 6.42 Å². The maximum atomic E-state index is 11.5. The van der Waals surface area contributed by atoms with E-state index < -0.39 is 6.10 Å². The molecule has 0 saturated carbocycles. The van der Waals surface area contributed by atoms with Gasteiger partial charge in [-0.05, 0) is 11.8 Å². The van der Waals surface area contributed by atoms with Crippen LogP contribution in [-0.4, -0.2) is 41.8 Å². The van der Waals surface area contributed by atoms with Gasteiger partial charge in [0.1, 0.15) is 0 Å². The first-order valence-corrected chi connectivity index (χ1v) is 7.67. The molecule has 0 aromatic heterocycles. The number of carbonyl (C=O) groups excluding carboxylic acids is 1. The third-order valence-electron chi connectivity index (χ3n) is 2.76. The van der Waals surface area contributed by atoms with Crippen LogP contribution >= 0.6 is 11.8 Å². The van der Waals surface area contributed by atoms with Gasteiger partial charge in [0, 0.05) is 24.8 Å². The maximum absolute atomic E-state index is 11.5. The highest BCUT2D eigenvalue weighted by Crippen LogP contribution is 2.03. The Morgan fingerprint density at radius 1 is 1.26 bits per heavy atom. The molecule has 0 aliphatic rings. The van der Waals surface area contributed by atoms with Crippen molar-refractivity contribution < 1.29 is 9.90 Å². The van der Waals surface area contributed by atoms with Crippen LogP contribution in [0.4, 0.5) is 4.79 Å². The molecule has 0 spiro atoms. The Morgan fingerprint density at radius 2 is 1.89 bits per heavy atom. The van der Waals surface area contributed by atoms with E-state index in [0.29, 0.717) is 18.2 Å². The Kier molecular flexibility index (Phi) is 7.36. The van der Waals surface area contributed by atoms with Gasteiger partial charge in [-0.25, -0.2) is 4.79 Å². The first kappa shape index (κ1) is 15.9. The van der Waals surface area contributed by atoms with Crippen molar-refractivity contribution in [2.45, 2.75) is 24.7 Å². The number of hydrogen-bond donors (Lipinski definition) is 3. The molecule has 0 bridgehead atoms. The third-order valence-corrected chi connectivity index (χ3v) is 3.74. The topological polar surface area (TPSA) is 61.4 Å². The third kappa shape index (κ3) is 7.08. The summed E-state index contributed by atoms with van der Waals surface area (Å²) in [6, 6.07) is 9.51. The van der Waals surface area contributed by atoms with Crippen molar-refractivity contribution in [3.8, 4) is 0 Å². The summed E-state index contributed by atoms with van der Waals surface area (Å²) >= 11 is 1.70. The van der Waals surface area contributed by atoms with Gasteiger partial charge in [-0.15, -0.1) is 0 Å². The van der Waals surface area contributed by atoms with Crippen molar-refractivity contribution in [2.75, 3.05) is 19.3 Å². The molecule has 1 aromatic rings. The molecule has 19 heavy (non-hydrogen) atoms. The van der Waals surface area contributed by atoms with E-state index in [-0.39, 0.29) is 12.6 Å². The fraction of sp³-hybridized carbons (Fsp3) is 0.500. The van der Waals surface area contributed by atoms with Crippen molar-refractivity contribution in [2.24, 2.45) is 0 Å². The molecule has 2 unspecified atom stereocenters. The number of thioether (sulfide) groups is 1. The van der Waals surface area contributed by atoms with Crippen molar-refractivity contribution in [3.05, 3.63) is 35.9 Å². The second-order valence-electron chi connectivity index (χ2n) is 4.48. The number of carbonyl (C=O) groups is 1. The highest BCUT2D eigenvalue weighted by atomic mass is 32.2. The van der Waals surface area contributed by atoms with E-state index in [2.05, 4.69) is 17.6 Å². The van der Waals surface area contributed by atoms with E-state index in [9.17, 15) is 9.90 Å². The minimum Gasteiger partial charge on any atom is -0.391 e. The molecule has 2 atom stereocenters. The van der Waals surface area contributed by atoms with Crippen LogP contribution in [0.2, 0.25) is 0 Å². The molecule has 0 heterocycles. The van der Waals surface area contributed by atoms with Crippen LogP contribution in [0.5, 0.6) is 0 Å². The molecule has 1 rings (SSSR count). The number of urea groups is 1. The van der Waals surface area contributed by atoms with E-state index in [4.69, 9.17) is 0 Å². The molecular weight excluding hydrogens is 260 g/mol. The lowest BCUT2D eigenvalue weighted by Crippen LogP contribution is -2.42. The van der Waals surface area contributed by atoms with Gasteiger partial charge in [0.05, 0.1) is 6.10 Å². The van der Waals surface area contributed by atoms with E-state index in [0.717, 1.165) is 5.56 Å². The van der Waals surface area contributed by atoms with Gasteiger partial charge < -0.3 is 15.7 Å². The smallest absolute Gasteiger partial charge is 0.314 e. The number of benzene rings is 1. The quantitative estimate of drug-likeness (QED) is 0.712. The molecule has 0 fully saturated rings. The Morgan fingerprint density at radius 3 is 2.53 bits per heavy atom. The summed E-state index contributed by atoms with van der Waals surface area (Å²) in [4.78, 5) is 11.5. The molecule has 0 saturated heterocycles. The molecule has 1 aromatic carbocycles. The minimum atomic E-state index is -0.564. The highest BCUT2D eigenvalue weighted by Gasteiger charge is 2.08. The zero-order valence-electron chi connectivity index (χ0n) is 11.4. The monoisotopic (exact) mass is 282 g/mol. The standard InChI is InChI=1S/C14H22N2O2S/c1-11(19-2)9-15-14(18)16-10-13(17)8-12-6-4-3-5-7-12/h3-7,11,13,17H,8-10H2,1-2H3,(H2,15,16,18). The number of amides is 2. The summed E-state index contributed by atoms with van der Waals surface area (Å²) in [6.45, 7) is 2.94. The normalized spacial score (nSPS) is 13.6. The van der Waals surface area contributed by atoms with Crippen LogP contribution in [0.3, 0.4) is 0 Å². The Bertz CT molecular complexity index is 373. The van der Waals surface area contributed by atoms with Gasteiger partial charge in [0.2, 0.25) is 0 Å². The molecule has 0 radical (unpaired) electrons. The largest absolute Gasteiger partial charge is 0.391 e. The predicted molar refractivity (Wildman–Crippen MR) is 80.5 cm³/mol. The van der Waals surface area contributed by atoms with Crippen LogP contribution < -0.4 is 10.6 Å². The summed E-state index contributed by atoms with van der Waals surface area (Å²) in [5.41, 5.74) is 1.06. The van der Waals surface area contributed by atoms with Crippen LogP contribution in [0.15, 0.2) is 30.3 Å². The predicted octanol–water partition coefficient (Wildman–Crippen LogP) is 1.64. The van der Waals surface area contributed by atoms with Crippen LogP contribution in [0.1, 0.15) is 12.5 Å². The summed E-state index contributed by atoms with van der Waals surface area (Å²) in [6.07, 6.45) is 1.99. The molecule has 3 N–H and O–H groups in total. The van der Waals surface area contributed by atoms with Crippen molar-refractivity contribution >= 4 is 17.8 Å². The number of nitrogens with one attached hydrogen (secondary N) is 2. The first-order chi connectivity index (χ1) is 9.11. The van der Waals surface area contributed by atoms with E-state index in [1.165, 1.54) is 0 Å². The summed E-state index contributed by atoms with van der Waals surface area (Å²) in [5.74, 6) is 0. The van der Waals surface area contributed by atoms with Gasteiger partial charge in [-0.2, -0.15) is 11.8 Å². The molecular formula is C14H22N2O2S. The Balaban J connectivity index is 2.19. The lowest BCUT2D eigenvalue weighted by molar-refractivity contribution is 0.170. The molecule has 4 nitrogen and oxygen atoms in total. The van der Waals surface area contributed by atoms with Gasteiger partial charge >= 0.3 is 6.03 Å². The van der Waals surface area contributed by atoms with Crippen molar-refractivity contribution in [1.82, 2.24) is 10.6 Å². The minimum absolute atomic E-state index is 0.229. The van der Waals surface area contributed by atoms with Crippen LogP contribution in [0, 0.1) is 0 Å². The number of rotatable bonds is 7. The van der Waals surface area contributed by atoms with E-state index in [1.54, 1.807) is 11.8 Å². The zero-order chi connectivity index (χ0) is 14.1. The number of aliphatic hydroxyl groups is 1. The van der Waals surface area contributed by atoms with Crippen molar-refractivity contribution in [3.63, 3.8) is 0 Å².